The van der Waals surface area contributed by atoms with Crippen LogP contribution >= 0.6 is 0 Å². The largest absolute Gasteiger partial charge is 0.452 e. The van der Waals surface area contributed by atoms with E-state index >= 15 is 0 Å². The van der Waals surface area contributed by atoms with E-state index in [0.29, 0.717) is 28.1 Å². The van der Waals surface area contributed by atoms with Crippen LogP contribution in [0, 0.1) is 13.8 Å². The van der Waals surface area contributed by atoms with Crippen molar-refractivity contribution in [2.24, 2.45) is 0 Å². The molecule has 0 fully saturated rings. The van der Waals surface area contributed by atoms with Crippen LogP contribution in [0.3, 0.4) is 0 Å². The molecule has 0 saturated heterocycles. The number of hydrogen-bond acceptors (Lipinski definition) is 4. The van der Waals surface area contributed by atoms with Gasteiger partial charge >= 0.3 is 5.63 Å². The summed E-state index contributed by atoms with van der Waals surface area (Å²) in [6.45, 7) is 3.79. The highest BCUT2D eigenvalue weighted by atomic mass is 16.4. The van der Waals surface area contributed by atoms with Gasteiger partial charge in [0.15, 0.2) is 5.76 Å². The van der Waals surface area contributed by atoms with E-state index in [0.717, 1.165) is 27.5 Å². The van der Waals surface area contributed by atoms with Crippen LogP contribution in [-0.4, -0.2) is 5.78 Å². The first kappa shape index (κ1) is 18.1. The first-order chi connectivity index (χ1) is 14.5. The molecule has 0 aliphatic rings. The minimum Gasteiger partial charge on any atom is -0.452 e. The number of ketones is 1. The summed E-state index contributed by atoms with van der Waals surface area (Å²) in [4.78, 5) is 25.6. The second-order valence-electron chi connectivity index (χ2n) is 7.35. The van der Waals surface area contributed by atoms with Gasteiger partial charge in [0.1, 0.15) is 11.2 Å². The molecule has 5 rings (SSSR count). The zero-order valence-corrected chi connectivity index (χ0v) is 16.6. The highest BCUT2D eigenvalue weighted by Crippen LogP contribution is 2.34. The average molecular weight is 394 g/mol. The maximum atomic E-state index is 12.9. The van der Waals surface area contributed by atoms with Gasteiger partial charge in [0, 0.05) is 28.0 Å². The highest BCUT2D eigenvalue weighted by molar-refractivity contribution is 6.11. The molecule has 0 saturated carbocycles. The molecule has 4 nitrogen and oxygen atoms in total. The van der Waals surface area contributed by atoms with Crippen LogP contribution in [0.15, 0.2) is 86.4 Å². The number of aryl methyl sites for hydroxylation is 2. The summed E-state index contributed by atoms with van der Waals surface area (Å²) in [6.07, 6.45) is 0. The van der Waals surface area contributed by atoms with Gasteiger partial charge < -0.3 is 8.83 Å². The second-order valence-corrected chi connectivity index (χ2v) is 7.35. The van der Waals surface area contributed by atoms with Crippen LogP contribution in [0.2, 0.25) is 0 Å². The van der Waals surface area contributed by atoms with Crippen molar-refractivity contribution in [1.82, 2.24) is 0 Å². The molecular weight excluding hydrogens is 376 g/mol. The summed E-state index contributed by atoms with van der Waals surface area (Å²) < 4.78 is 11.5. The third-order valence-corrected chi connectivity index (χ3v) is 5.53. The molecule has 30 heavy (non-hydrogen) atoms. The van der Waals surface area contributed by atoms with E-state index in [2.05, 4.69) is 0 Å². The average Bonchev–Trinajstić information content (AvgIpc) is 3.09. The van der Waals surface area contributed by atoms with Crippen molar-refractivity contribution in [3.05, 3.63) is 106 Å². The predicted molar refractivity (Wildman–Crippen MR) is 117 cm³/mol. The predicted octanol–water partition coefficient (Wildman–Crippen LogP) is 6.05. The van der Waals surface area contributed by atoms with E-state index in [9.17, 15) is 9.59 Å². The first-order valence-corrected chi connectivity index (χ1v) is 9.70. The van der Waals surface area contributed by atoms with Crippen LogP contribution in [0.25, 0.3) is 33.1 Å². The second kappa shape index (κ2) is 6.85. The standard InChI is InChI=1S/C26H18O4/c1-15-19-13-20-16(2)25(24(27)18-11-7-4-8-12-18)29-21(20)14-22(19)30-26(28)23(15)17-9-5-3-6-10-17/h3-14H,1-2H3. The molecular formula is C26H18O4. The van der Waals surface area contributed by atoms with Crippen LogP contribution < -0.4 is 5.63 Å². The number of rotatable bonds is 3. The third-order valence-electron chi connectivity index (χ3n) is 5.53. The molecule has 0 aliphatic carbocycles. The van der Waals surface area contributed by atoms with Crippen LogP contribution in [0.4, 0.5) is 0 Å². The lowest BCUT2D eigenvalue weighted by Crippen LogP contribution is -2.05. The SMILES string of the molecule is Cc1c(C(=O)c2ccccc2)oc2cc3oc(=O)c(-c4ccccc4)c(C)c3cc12. The van der Waals surface area contributed by atoms with Gasteiger partial charge in [0.05, 0.1) is 5.56 Å². The van der Waals surface area contributed by atoms with Crippen LogP contribution in [0.5, 0.6) is 0 Å². The molecule has 3 aromatic carbocycles. The molecule has 146 valence electrons. The fourth-order valence-electron chi connectivity index (χ4n) is 3.94. The Kier molecular flexibility index (Phi) is 4.14. The zero-order valence-electron chi connectivity index (χ0n) is 16.6. The lowest BCUT2D eigenvalue weighted by molar-refractivity contribution is 0.101. The number of carbonyl (C=O) groups excluding carboxylic acids is 1. The number of carbonyl (C=O) groups is 1. The van der Waals surface area contributed by atoms with Crippen molar-refractivity contribution in [3.63, 3.8) is 0 Å². The number of hydrogen-bond donors (Lipinski definition) is 0. The Hall–Kier alpha value is -3.92. The Morgan fingerprint density at radius 3 is 2.03 bits per heavy atom. The topological polar surface area (TPSA) is 60.4 Å². The van der Waals surface area contributed by atoms with Crippen molar-refractivity contribution >= 4 is 27.7 Å². The summed E-state index contributed by atoms with van der Waals surface area (Å²) >= 11 is 0. The van der Waals surface area contributed by atoms with Gasteiger partial charge in [-0.1, -0.05) is 60.7 Å². The van der Waals surface area contributed by atoms with Gasteiger partial charge in [0.2, 0.25) is 5.78 Å². The fourth-order valence-corrected chi connectivity index (χ4v) is 3.94. The molecule has 0 amide bonds. The summed E-state index contributed by atoms with van der Waals surface area (Å²) in [5, 5.41) is 1.65. The minimum atomic E-state index is -0.394. The van der Waals surface area contributed by atoms with Gasteiger partial charge in [0.25, 0.3) is 0 Å². The lowest BCUT2D eigenvalue weighted by atomic mass is 9.98. The van der Waals surface area contributed by atoms with Crippen molar-refractivity contribution in [2.75, 3.05) is 0 Å². The molecule has 2 aromatic heterocycles. The lowest BCUT2D eigenvalue weighted by Gasteiger charge is -2.08. The summed E-state index contributed by atoms with van der Waals surface area (Å²) in [5.41, 5.74) is 4.11. The fraction of sp³-hybridized carbons (Fsp3) is 0.0769. The van der Waals surface area contributed by atoms with Gasteiger partial charge in [-0.15, -0.1) is 0 Å². The number of furan rings is 1. The molecule has 0 spiro atoms. The van der Waals surface area contributed by atoms with Crippen molar-refractivity contribution < 1.29 is 13.6 Å². The van der Waals surface area contributed by atoms with E-state index < -0.39 is 5.63 Å². The van der Waals surface area contributed by atoms with Crippen molar-refractivity contribution in [1.29, 1.82) is 0 Å². The van der Waals surface area contributed by atoms with Gasteiger partial charge in [-0.05, 0) is 31.0 Å². The Bertz CT molecular complexity index is 1470. The number of fused-ring (bicyclic) bond motifs is 2. The number of benzene rings is 3. The van der Waals surface area contributed by atoms with Gasteiger partial charge in [-0.2, -0.15) is 0 Å². The molecule has 0 N–H and O–H groups in total. The Labute approximate surface area is 172 Å². The van der Waals surface area contributed by atoms with Crippen LogP contribution in [0.1, 0.15) is 27.2 Å². The summed E-state index contributed by atoms with van der Waals surface area (Å²) in [6, 6.07) is 22.2. The summed E-state index contributed by atoms with van der Waals surface area (Å²) in [5.74, 6) is 0.131. The monoisotopic (exact) mass is 394 g/mol. The van der Waals surface area contributed by atoms with Gasteiger partial charge in [-0.3, -0.25) is 4.79 Å². The Balaban J connectivity index is 1.75. The van der Waals surface area contributed by atoms with Crippen LogP contribution in [-0.2, 0) is 0 Å². The Morgan fingerprint density at radius 2 is 1.33 bits per heavy atom. The maximum absolute atomic E-state index is 12.9. The van der Waals surface area contributed by atoms with Crippen molar-refractivity contribution in [2.45, 2.75) is 13.8 Å². The first-order valence-electron chi connectivity index (χ1n) is 9.70. The maximum Gasteiger partial charge on any atom is 0.344 e. The third kappa shape index (κ3) is 2.77. The van der Waals surface area contributed by atoms with Crippen molar-refractivity contribution in [3.8, 4) is 11.1 Å². The molecule has 0 atom stereocenters. The normalized spacial score (nSPS) is 11.3. The smallest absolute Gasteiger partial charge is 0.344 e. The molecule has 0 aliphatic heterocycles. The van der Waals surface area contributed by atoms with E-state index in [1.54, 1.807) is 18.2 Å². The molecule has 2 heterocycles. The molecule has 4 heteroatoms. The Morgan fingerprint density at radius 1 is 0.733 bits per heavy atom. The van der Waals surface area contributed by atoms with E-state index in [-0.39, 0.29) is 5.78 Å². The van der Waals surface area contributed by atoms with E-state index in [4.69, 9.17) is 8.83 Å². The quantitative estimate of drug-likeness (QED) is 0.276. The zero-order chi connectivity index (χ0) is 20.8. The summed E-state index contributed by atoms with van der Waals surface area (Å²) in [7, 11) is 0. The van der Waals surface area contributed by atoms with E-state index in [1.807, 2.05) is 68.4 Å². The van der Waals surface area contributed by atoms with E-state index in [1.165, 1.54) is 0 Å². The molecule has 0 unspecified atom stereocenters. The molecule has 0 radical (unpaired) electrons. The minimum absolute atomic E-state index is 0.170. The molecule has 5 aromatic rings. The van der Waals surface area contributed by atoms with Gasteiger partial charge in [-0.25, -0.2) is 4.79 Å². The highest BCUT2D eigenvalue weighted by Gasteiger charge is 2.21. The molecule has 0 bridgehead atoms.